The van der Waals surface area contributed by atoms with Crippen LogP contribution in [0.25, 0.3) is 0 Å². The predicted octanol–water partition coefficient (Wildman–Crippen LogP) is 2.38. The largest absolute Gasteiger partial charge is 0.314 e. The molecule has 0 aromatic carbocycles. The van der Waals surface area contributed by atoms with Crippen LogP contribution in [0.1, 0.15) is 51.4 Å². The predicted molar refractivity (Wildman–Crippen MR) is 75.4 cm³/mol. The highest BCUT2D eigenvalue weighted by atomic mass is 16.6. The Bertz CT molecular complexity index is 442. The van der Waals surface area contributed by atoms with E-state index in [1.807, 2.05) is 13.8 Å². The monoisotopic (exact) mass is 268 g/mol. The van der Waals surface area contributed by atoms with Crippen LogP contribution in [-0.4, -0.2) is 27.3 Å². The Labute approximate surface area is 114 Å². The summed E-state index contributed by atoms with van der Waals surface area (Å²) in [7, 11) is 1.78. The number of hydrogen-bond donors (Lipinski definition) is 1. The second-order valence-corrected chi connectivity index (χ2v) is 4.95. The first kappa shape index (κ1) is 15.6. The quantitative estimate of drug-likeness (QED) is 0.608. The maximum Gasteiger partial charge on any atom is 0.313 e. The summed E-state index contributed by atoms with van der Waals surface area (Å²) in [6, 6.07) is 0.179. The van der Waals surface area contributed by atoms with Gasteiger partial charge in [0.25, 0.3) is 0 Å². The fourth-order valence-electron chi connectivity index (χ4n) is 2.32. The van der Waals surface area contributed by atoms with E-state index >= 15 is 0 Å². The van der Waals surface area contributed by atoms with Crippen LogP contribution in [0.3, 0.4) is 0 Å². The molecule has 1 rings (SSSR count). The molecular formula is C13H24N4O2. The zero-order valence-corrected chi connectivity index (χ0v) is 12.4. The van der Waals surface area contributed by atoms with Crippen LogP contribution in [0.2, 0.25) is 0 Å². The molecule has 0 saturated heterocycles. The van der Waals surface area contributed by atoms with E-state index in [1.165, 1.54) is 0 Å². The standard InChI is InChI=1S/C13H24N4O2/c1-6-8-14-10(4)9(3)12-13(17(18)19)11(7-2)15-16(12)5/h9-10,14H,6-8H2,1-5H3. The Balaban J connectivity index is 3.11. The van der Waals surface area contributed by atoms with E-state index in [0.29, 0.717) is 17.8 Å². The molecule has 1 aromatic heterocycles. The maximum absolute atomic E-state index is 11.3. The highest BCUT2D eigenvalue weighted by Gasteiger charge is 2.31. The van der Waals surface area contributed by atoms with Gasteiger partial charge >= 0.3 is 5.69 Å². The van der Waals surface area contributed by atoms with E-state index in [9.17, 15) is 10.1 Å². The number of aryl methyl sites for hydroxylation is 2. The highest BCUT2D eigenvalue weighted by Crippen LogP contribution is 2.31. The van der Waals surface area contributed by atoms with Gasteiger partial charge in [0.15, 0.2) is 0 Å². The van der Waals surface area contributed by atoms with Crippen LogP contribution in [0.4, 0.5) is 5.69 Å². The van der Waals surface area contributed by atoms with Gasteiger partial charge in [-0.15, -0.1) is 0 Å². The Hall–Kier alpha value is -1.43. The molecule has 0 aliphatic rings. The number of hydrogen-bond acceptors (Lipinski definition) is 4. The fourth-order valence-corrected chi connectivity index (χ4v) is 2.32. The van der Waals surface area contributed by atoms with Gasteiger partial charge in [0, 0.05) is 19.0 Å². The maximum atomic E-state index is 11.3. The molecule has 1 aromatic rings. The number of rotatable bonds is 7. The van der Waals surface area contributed by atoms with Gasteiger partial charge in [-0.05, 0) is 26.3 Å². The number of nitro groups is 1. The average Bonchev–Trinajstić information content (AvgIpc) is 2.71. The van der Waals surface area contributed by atoms with Gasteiger partial charge < -0.3 is 5.32 Å². The van der Waals surface area contributed by atoms with Crippen LogP contribution in [0.15, 0.2) is 0 Å². The summed E-state index contributed by atoms with van der Waals surface area (Å²) >= 11 is 0. The Morgan fingerprint density at radius 3 is 2.53 bits per heavy atom. The summed E-state index contributed by atoms with van der Waals surface area (Å²) in [5, 5.41) is 19.0. The van der Waals surface area contributed by atoms with Crippen molar-refractivity contribution in [3.63, 3.8) is 0 Å². The third-order valence-corrected chi connectivity index (χ3v) is 3.55. The van der Waals surface area contributed by atoms with Crippen molar-refractivity contribution in [3.8, 4) is 0 Å². The zero-order valence-electron chi connectivity index (χ0n) is 12.4. The average molecular weight is 268 g/mol. The molecule has 108 valence electrons. The molecule has 2 atom stereocenters. The summed E-state index contributed by atoms with van der Waals surface area (Å²) in [4.78, 5) is 11.0. The van der Waals surface area contributed by atoms with E-state index in [2.05, 4.69) is 24.3 Å². The van der Waals surface area contributed by atoms with Crippen molar-refractivity contribution in [2.24, 2.45) is 7.05 Å². The van der Waals surface area contributed by atoms with Gasteiger partial charge in [0.05, 0.1) is 4.92 Å². The van der Waals surface area contributed by atoms with Crippen molar-refractivity contribution in [1.82, 2.24) is 15.1 Å². The first-order valence-corrected chi connectivity index (χ1v) is 6.87. The van der Waals surface area contributed by atoms with Crippen molar-refractivity contribution < 1.29 is 4.92 Å². The SMILES string of the molecule is CCCNC(C)C(C)c1c([N+](=O)[O-])c(CC)nn1C. The van der Waals surface area contributed by atoms with Gasteiger partial charge in [0.2, 0.25) is 0 Å². The molecule has 19 heavy (non-hydrogen) atoms. The van der Waals surface area contributed by atoms with E-state index in [0.717, 1.165) is 13.0 Å². The van der Waals surface area contributed by atoms with Crippen molar-refractivity contribution in [3.05, 3.63) is 21.5 Å². The minimum atomic E-state index is -0.301. The Morgan fingerprint density at radius 1 is 1.42 bits per heavy atom. The molecule has 0 spiro atoms. The number of nitrogens with one attached hydrogen (secondary N) is 1. The molecule has 0 aliphatic carbocycles. The lowest BCUT2D eigenvalue weighted by molar-refractivity contribution is -0.386. The summed E-state index contributed by atoms with van der Waals surface area (Å²) in [5.41, 5.74) is 1.46. The van der Waals surface area contributed by atoms with Crippen molar-refractivity contribution in [2.45, 2.75) is 52.5 Å². The first-order chi connectivity index (χ1) is 8.93. The molecule has 0 aliphatic heterocycles. The molecule has 1 N–H and O–H groups in total. The van der Waals surface area contributed by atoms with Crippen molar-refractivity contribution in [1.29, 1.82) is 0 Å². The second kappa shape index (κ2) is 6.65. The van der Waals surface area contributed by atoms with Crippen LogP contribution in [0.5, 0.6) is 0 Å². The molecule has 6 heteroatoms. The van der Waals surface area contributed by atoms with Gasteiger partial charge in [-0.2, -0.15) is 5.10 Å². The first-order valence-electron chi connectivity index (χ1n) is 6.87. The molecule has 2 unspecified atom stereocenters. The fraction of sp³-hybridized carbons (Fsp3) is 0.769. The van der Waals surface area contributed by atoms with E-state index in [-0.39, 0.29) is 22.6 Å². The Morgan fingerprint density at radius 2 is 2.05 bits per heavy atom. The van der Waals surface area contributed by atoms with E-state index in [1.54, 1.807) is 11.7 Å². The van der Waals surface area contributed by atoms with E-state index in [4.69, 9.17) is 0 Å². The van der Waals surface area contributed by atoms with Gasteiger partial charge in [-0.1, -0.05) is 20.8 Å². The topological polar surface area (TPSA) is 73.0 Å². The zero-order chi connectivity index (χ0) is 14.6. The third kappa shape index (κ3) is 3.32. The molecule has 0 radical (unpaired) electrons. The summed E-state index contributed by atoms with van der Waals surface area (Å²) in [6.45, 7) is 8.98. The molecule has 1 heterocycles. The van der Waals surface area contributed by atoms with E-state index < -0.39 is 0 Å². The normalized spacial score (nSPS) is 14.4. The lowest BCUT2D eigenvalue weighted by Gasteiger charge is -2.20. The molecule has 0 fully saturated rings. The molecule has 0 bridgehead atoms. The Kier molecular flexibility index (Phi) is 5.47. The van der Waals surface area contributed by atoms with Crippen molar-refractivity contribution >= 4 is 5.69 Å². The molecule has 6 nitrogen and oxygen atoms in total. The number of nitrogens with zero attached hydrogens (tertiary/aromatic N) is 3. The lowest BCUT2D eigenvalue weighted by atomic mass is 9.97. The molecule has 0 amide bonds. The van der Waals surface area contributed by atoms with Crippen LogP contribution < -0.4 is 5.32 Å². The molecular weight excluding hydrogens is 244 g/mol. The lowest BCUT2D eigenvalue weighted by Crippen LogP contribution is -2.32. The smallest absolute Gasteiger partial charge is 0.313 e. The highest BCUT2D eigenvalue weighted by molar-refractivity contribution is 5.43. The minimum Gasteiger partial charge on any atom is -0.314 e. The third-order valence-electron chi connectivity index (χ3n) is 3.55. The molecule has 0 saturated carbocycles. The van der Waals surface area contributed by atoms with Crippen LogP contribution in [0, 0.1) is 10.1 Å². The summed E-state index contributed by atoms with van der Waals surface area (Å²) in [5.74, 6) is 0.0461. The number of aromatic nitrogens is 2. The summed E-state index contributed by atoms with van der Waals surface area (Å²) in [6.07, 6.45) is 1.62. The van der Waals surface area contributed by atoms with Crippen molar-refractivity contribution in [2.75, 3.05) is 6.54 Å². The minimum absolute atomic E-state index is 0.0461. The van der Waals surface area contributed by atoms with Crippen LogP contribution >= 0.6 is 0 Å². The second-order valence-electron chi connectivity index (χ2n) is 4.95. The van der Waals surface area contributed by atoms with Gasteiger partial charge in [0.1, 0.15) is 11.4 Å². The van der Waals surface area contributed by atoms with Gasteiger partial charge in [-0.25, -0.2) is 0 Å². The van der Waals surface area contributed by atoms with Gasteiger partial charge in [-0.3, -0.25) is 14.8 Å². The summed E-state index contributed by atoms with van der Waals surface area (Å²) < 4.78 is 1.66. The van der Waals surface area contributed by atoms with Crippen LogP contribution in [-0.2, 0) is 13.5 Å².